The van der Waals surface area contributed by atoms with E-state index >= 15 is 0 Å². The van der Waals surface area contributed by atoms with E-state index in [1.807, 2.05) is 37.4 Å². The molecule has 1 aromatic carbocycles. The third-order valence-corrected chi connectivity index (χ3v) is 15.0. The molecule has 0 radical (unpaired) electrons. The topological polar surface area (TPSA) is 221 Å². The summed E-state index contributed by atoms with van der Waals surface area (Å²) in [4.78, 5) is 66.8. The molecule has 4 fully saturated rings. The first-order chi connectivity index (χ1) is 30.2. The zero-order chi connectivity index (χ0) is 44.5. The number of rotatable bonds is 11. The highest BCUT2D eigenvalue weighted by atomic mass is 32.2. The fraction of sp³-hybridized carbons (Fsp3) is 0.545. The number of aliphatic carboxylic acids is 1. The lowest BCUT2D eigenvalue weighted by molar-refractivity contribution is -0.145. The molecular weight excluding hydrogens is 849 g/mol. The zero-order valence-electron chi connectivity index (χ0n) is 35.9. The number of sulfonamides is 1. The van der Waals surface area contributed by atoms with Crippen LogP contribution in [0.4, 0.5) is 9.93 Å². The molecule has 2 saturated carbocycles. The number of thiazole rings is 1. The molecule has 2 aliphatic carbocycles. The van der Waals surface area contributed by atoms with Crippen molar-refractivity contribution in [1.29, 1.82) is 0 Å². The molecule has 0 bridgehead atoms. The van der Waals surface area contributed by atoms with Crippen molar-refractivity contribution in [1.82, 2.24) is 35.1 Å². The van der Waals surface area contributed by atoms with Crippen LogP contribution in [-0.2, 0) is 24.4 Å². The second kappa shape index (κ2) is 18.4. The van der Waals surface area contributed by atoms with E-state index in [9.17, 15) is 32.7 Å². The lowest BCUT2D eigenvalue weighted by atomic mass is 10.0. The fourth-order valence-corrected chi connectivity index (χ4v) is 11.1. The number of carbonyl (C=O) groups excluding carboxylic acids is 3. The van der Waals surface area contributed by atoms with Gasteiger partial charge in [-0.3, -0.25) is 9.59 Å². The quantitative estimate of drug-likeness (QED) is 0.158. The molecule has 8 rings (SSSR count). The number of hydrogen-bond donors (Lipinski definition) is 5. The monoisotopic (exact) mass is 904 g/mol. The number of carboxylic acid groups (broad SMARTS) is 1. The standard InChI is InChI=1S/C44H56N8O9S2/c1-26(2)45-43-49-36(25-62-43)34-21-38(31-16-15-29(60-3)19-33(31)46-34)61-30-20-37-39(53)50-44(41(55)56)22-28(44)11-7-5-4-6-8-12-32(40(54)52(37)23-30)47-42(57)48-35(27-13-14-27)24-51-17-9-10-18-63(51,58)59/h7,11,15-16,19,21,25-26,28,30,32,37H,4-6,8-10,12-14,17-18,20,22-24H2,1-3H3,(H,45,49)(H,50,53)(H,55,56)(H2,47,48,57)/t28?,30-,32+,37+,44-/m1/s1. The van der Waals surface area contributed by atoms with Gasteiger partial charge >= 0.3 is 12.0 Å². The summed E-state index contributed by atoms with van der Waals surface area (Å²) in [5, 5.41) is 25.6. The summed E-state index contributed by atoms with van der Waals surface area (Å²) >= 11 is 1.45. The van der Waals surface area contributed by atoms with Gasteiger partial charge in [0.05, 0.1) is 37.2 Å². The Hall–Kier alpha value is -5.27. The van der Waals surface area contributed by atoms with Gasteiger partial charge in [-0.05, 0) is 82.9 Å². The van der Waals surface area contributed by atoms with Gasteiger partial charge in [-0.1, -0.05) is 25.0 Å². The number of ether oxygens (including phenoxy) is 2. The molecular formula is C44H56N8O9S2. The smallest absolute Gasteiger partial charge is 0.330 e. The van der Waals surface area contributed by atoms with E-state index in [0.717, 1.165) is 42.8 Å². The third-order valence-electron chi connectivity index (χ3n) is 12.4. The van der Waals surface area contributed by atoms with Crippen LogP contribution < -0.4 is 30.7 Å². The summed E-state index contributed by atoms with van der Waals surface area (Å²) in [5.41, 5.74) is 1.74. The summed E-state index contributed by atoms with van der Waals surface area (Å²) in [7, 11) is -1.89. The van der Waals surface area contributed by atoms with Crippen molar-refractivity contribution in [3.05, 3.63) is 53.1 Å². The predicted molar refractivity (Wildman–Crippen MR) is 238 cm³/mol. The van der Waals surface area contributed by atoms with Crippen molar-refractivity contribution in [3.63, 3.8) is 0 Å². The minimum absolute atomic E-state index is 0.0310. The van der Waals surface area contributed by atoms with Crippen LogP contribution in [0.2, 0.25) is 0 Å². The van der Waals surface area contributed by atoms with Crippen molar-refractivity contribution in [2.24, 2.45) is 5.92 Å². The van der Waals surface area contributed by atoms with E-state index in [4.69, 9.17) is 19.4 Å². The molecule has 19 heteroatoms. The first-order valence-electron chi connectivity index (χ1n) is 21.9. The molecule has 0 spiro atoms. The van der Waals surface area contributed by atoms with Crippen molar-refractivity contribution in [2.45, 2.75) is 114 Å². The highest BCUT2D eigenvalue weighted by molar-refractivity contribution is 7.89. The Morgan fingerprint density at radius 2 is 1.90 bits per heavy atom. The number of urea groups is 1. The Labute approximate surface area is 371 Å². The van der Waals surface area contributed by atoms with Gasteiger partial charge in [0, 0.05) is 53.5 Å². The molecule has 5 heterocycles. The van der Waals surface area contributed by atoms with Gasteiger partial charge in [0.25, 0.3) is 0 Å². The van der Waals surface area contributed by atoms with Crippen LogP contribution in [0.15, 0.2) is 53.1 Å². The number of amides is 4. The molecule has 63 heavy (non-hydrogen) atoms. The lowest BCUT2D eigenvalue weighted by Gasteiger charge is -2.30. The second-order valence-corrected chi connectivity index (χ2v) is 20.4. The normalized spacial score (nSPS) is 26.2. The van der Waals surface area contributed by atoms with E-state index in [1.54, 1.807) is 25.3 Å². The number of anilines is 1. The van der Waals surface area contributed by atoms with Gasteiger partial charge in [-0.15, -0.1) is 11.3 Å². The average Bonchev–Trinajstić information content (AvgIpc) is 4.12. The van der Waals surface area contributed by atoms with Crippen LogP contribution in [0.25, 0.3) is 22.3 Å². The first-order valence-corrected chi connectivity index (χ1v) is 24.4. The van der Waals surface area contributed by atoms with Crippen molar-refractivity contribution in [2.75, 3.05) is 37.8 Å². The number of aromatic nitrogens is 2. The van der Waals surface area contributed by atoms with E-state index < -0.39 is 63.5 Å². The van der Waals surface area contributed by atoms with Gasteiger partial charge in [0.15, 0.2) is 5.13 Å². The lowest BCUT2D eigenvalue weighted by Crippen LogP contribution is -2.57. The zero-order valence-corrected chi connectivity index (χ0v) is 37.5. The summed E-state index contributed by atoms with van der Waals surface area (Å²) < 4.78 is 39.4. The number of pyridine rings is 1. The Bertz CT molecular complexity index is 2430. The molecule has 4 amide bonds. The van der Waals surface area contributed by atoms with Crippen LogP contribution in [0.5, 0.6) is 11.5 Å². The molecule has 2 saturated heterocycles. The molecule has 5 N–H and O–H groups in total. The first kappa shape index (κ1) is 44.3. The summed E-state index contributed by atoms with van der Waals surface area (Å²) in [6.07, 6.45) is 9.29. The molecule has 2 aromatic heterocycles. The largest absolute Gasteiger partial charge is 0.497 e. The fourth-order valence-electron chi connectivity index (χ4n) is 8.69. The van der Waals surface area contributed by atoms with Gasteiger partial charge in [-0.2, -0.15) is 4.31 Å². The molecule has 3 aromatic rings. The van der Waals surface area contributed by atoms with Gasteiger partial charge in [-0.25, -0.2) is 28.0 Å². The van der Waals surface area contributed by atoms with Crippen LogP contribution in [0, 0.1) is 5.92 Å². The minimum Gasteiger partial charge on any atom is -0.497 e. The van der Waals surface area contributed by atoms with Gasteiger partial charge < -0.3 is 40.7 Å². The van der Waals surface area contributed by atoms with Crippen molar-refractivity contribution in [3.8, 4) is 22.9 Å². The number of benzene rings is 1. The number of allylic oxidation sites excluding steroid dienone is 2. The summed E-state index contributed by atoms with van der Waals surface area (Å²) in [5.74, 6) is -1.56. The predicted octanol–water partition coefficient (Wildman–Crippen LogP) is 5.16. The number of hydrogen-bond acceptors (Lipinski definition) is 12. The molecule has 338 valence electrons. The summed E-state index contributed by atoms with van der Waals surface area (Å²) in [6.45, 7) is 4.44. The van der Waals surface area contributed by atoms with E-state index in [0.29, 0.717) is 65.3 Å². The van der Waals surface area contributed by atoms with Crippen molar-refractivity contribution >= 4 is 61.2 Å². The summed E-state index contributed by atoms with van der Waals surface area (Å²) in [6, 6.07) is 4.57. The van der Waals surface area contributed by atoms with Crippen molar-refractivity contribution < 1.29 is 42.2 Å². The second-order valence-electron chi connectivity index (χ2n) is 17.4. The SMILES string of the molecule is COc1ccc2c(O[C@@H]3C[C@H]4C(=O)N[C@]5(C(=O)O)CC5C=CCCCCC[C@H](NC(=O)NC(CN5CCCCS5(=O)=O)=C5CC5)C(=O)N4C3)cc(-c3csc(NC(C)C)n3)nc2c1. The highest BCUT2D eigenvalue weighted by Gasteiger charge is 2.61. The van der Waals surface area contributed by atoms with Crippen LogP contribution in [-0.4, -0.2) is 119 Å². The van der Waals surface area contributed by atoms with Gasteiger partial charge in [0.2, 0.25) is 21.8 Å². The highest BCUT2D eigenvalue weighted by Crippen LogP contribution is 2.46. The number of carboxylic acids is 1. The van der Waals surface area contributed by atoms with Gasteiger partial charge in [0.1, 0.15) is 40.9 Å². The molecule has 17 nitrogen and oxygen atoms in total. The van der Waals surface area contributed by atoms with E-state index in [1.165, 1.54) is 20.5 Å². The van der Waals surface area contributed by atoms with Crippen LogP contribution >= 0.6 is 11.3 Å². The Balaban J connectivity index is 1.08. The Kier molecular flexibility index (Phi) is 13.0. The Morgan fingerprint density at radius 1 is 1.08 bits per heavy atom. The molecule has 5 aliphatic rings. The van der Waals surface area contributed by atoms with E-state index in [2.05, 4.69) is 21.3 Å². The Morgan fingerprint density at radius 3 is 2.65 bits per heavy atom. The maximum atomic E-state index is 14.9. The number of methoxy groups -OCH3 is 1. The third kappa shape index (κ3) is 10.1. The molecule has 3 aliphatic heterocycles. The number of nitrogens with zero attached hydrogens (tertiary/aromatic N) is 4. The average molecular weight is 905 g/mol. The van der Waals surface area contributed by atoms with Crippen LogP contribution in [0.3, 0.4) is 0 Å². The maximum absolute atomic E-state index is 14.9. The molecule has 5 atom stereocenters. The maximum Gasteiger partial charge on any atom is 0.330 e. The number of nitrogens with one attached hydrogen (secondary N) is 4. The van der Waals surface area contributed by atoms with Crippen LogP contribution in [0.1, 0.15) is 84.5 Å². The molecule has 1 unspecified atom stereocenters. The van der Waals surface area contributed by atoms with E-state index in [-0.39, 0.29) is 44.1 Å². The minimum atomic E-state index is -3.46. The number of carbonyl (C=O) groups is 4. The number of fused-ring (bicyclic) bond motifs is 3.